The molecule has 0 radical (unpaired) electrons. The highest BCUT2D eigenvalue weighted by molar-refractivity contribution is 5.77. The second kappa shape index (κ2) is 5.41. The first-order valence-corrected chi connectivity index (χ1v) is 7.36. The molecule has 4 aromatic rings. The van der Waals surface area contributed by atoms with Crippen molar-refractivity contribution in [3.8, 4) is 11.5 Å². The Kier molecular flexibility index (Phi) is 3.45. The number of pyridine rings is 1. The summed E-state index contributed by atoms with van der Waals surface area (Å²) in [7, 11) is 1.52. The molecule has 0 N–H and O–H groups in total. The third-order valence-electron chi connectivity index (χ3n) is 3.90. The largest absolute Gasteiger partial charge is 0.419 e. The normalized spacial score (nSPS) is 13.0. The van der Waals surface area contributed by atoms with Crippen molar-refractivity contribution in [3.05, 3.63) is 42.0 Å². The molecule has 0 atom stereocenters. The Morgan fingerprint density at radius 1 is 0.852 bits per heavy atom. The highest BCUT2D eigenvalue weighted by atomic mass is 19.4. The van der Waals surface area contributed by atoms with E-state index in [1.54, 1.807) is 0 Å². The summed E-state index contributed by atoms with van der Waals surface area (Å²) >= 11 is 0. The molecule has 0 amide bonds. The number of halogens is 6. The summed E-state index contributed by atoms with van der Waals surface area (Å²) in [6, 6.07) is 0.849. The maximum Gasteiger partial charge on any atom is 0.419 e. The molecule has 0 aliphatic carbocycles. The van der Waals surface area contributed by atoms with Crippen LogP contribution in [0.25, 0.3) is 28.5 Å². The van der Waals surface area contributed by atoms with Crippen molar-refractivity contribution in [1.82, 2.24) is 28.9 Å². The second-order valence-corrected chi connectivity index (χ2v) is 5.73. The number of hydrogen-bond acceptors (Lipinski definition) is 4. The molecule has 0 saturated heterocycles. The van der Waals surface area contributed by atoms with Gasteiger partial charge in [-0.05, 0) is 6.07 Å². The molecule has 27 heavy (non-hydrogen) atoms. The minimum Gasteiger partial charge on any atom is -0.310 e. The number of imidazole rings is 2. The summed E-state index contributed by atoms with van der Waals surface area (Å²) in [5.74, 6) is 0.143. The predicted molar refractivity (Wildman–Crippen MR) is 80.5 cm³/mol. The fourth-order valence-corrected chi connectivity index (χ4v) is 2.60. The quantitative estimate of drug-likeness (QED) is 0.468. The van der Waals surface area contributed by atoms with Crippen molar-refractivity contribution in [1.29, 1.82) is 0 Å². The van der Waals surface area contributed by atoms with E-state index in [1.807, 2.05) is 0 Å². The summed E-state index contributed by atoms with van der Waals surface area (Å²) in [6.07, 6.45) is -5.71. The second-order valence-electron chi connectivity index (χ2n) is 5.73. The smallest absolute Gasteiger partial charge is 0.310 e. The van der Waals surface area contributed by atoms with Crippen molar-refractivity contribution in [3.63, 3.8) is 0 Å². The van der Waals surface area contributed by atoms with Gasteiger partial charge in [0, 0.05) is 31.8 Å². The molecule has 0 aliphatic heterocycles. The van der Waals surface area contributed by atoms with Gasteiger partial charge in [0.25, 0.3) is 0 Å². The Hall–Kier alpha value is -3.18. The Morgan fingerprint density at radius 2 is 1.52 bits per heavy atom. The average molecular weight is 386 g/mol. The van der Waals surface area contributed by atoms with Gasteiger partial charge in [0.05, 0.1) is 11.1 Å². The van der Waals surface area contributed by atoms with E-state index in [-0.39, 0.29) is 28.5 Å². The molecule has 0 fully saturated rings. The highest BCUT2D eigenvalue weighted by Crippen LogP contribution is 2.32. The Labute approximate surface area is 146 Å². The van der Waals surface area contributed by atoms with Crippen molar-refractivity contribution in [2.24, 2.45) is 7.05 Å². The zero-order valence-corrected chi connectivity index (χ0v) is 13.3. The molecule has 0 aromatic carbocycles. The lowest BCUT2D eigenvalue weighted by atomic mass is 10.2. The third kappa shape index (κ3) is 2.86. The molecule has 0 saturated carbocycles. The number of nitrogens with zero attached hydrogens (tertiary/aromatic N) is 6. The van der Waals surface area contributed by atoms with E-state index in [2.05, 4.69) is 19.9 Å². The summed E-state index contributed by atoms with van der Waals surface area (Å²) < 4.78 is 79.3. The molecule has 4 aromatic heterocycles. The van der Waals surface area contributed by atoms with Crippen LogP contribution in [0.3, 0.4) is 0 Å². The number of fused-ring (bicyclic) bond motifs is 2. The van der Waals surface area contributed by atoms with Gasteiger partial charge in [-0.25, -0.2) is 19.9 Å². The van der Waals surface area contributed by atoms with E-state index in [0.717, 1.165) is 16.7 Å². The molecule has 0 aliphatic rings. The Balaban J connectivity index is 1.85. The molecule has 0 spiro atoms. The van der Waals surface area contributed by atoms with Gasteiger partial charge in [-0.2, -0.15) is 26.3 Å². The van der Waals surface area contributed by atoms with Gasteiger partial charge in [-0.1, -0.05) is 0 Å². The lowest BCUT2D eigenvalue weighted by Gasteiger charge is -2.05. The van der Waals surface area contributed by atoms with Gasteiger partial charge in [-0.3, -0.25) is 4.40 Å². The van der Waals surface area contributed by atoms with Crippen LogP contribution in [0.4, 0.5) is 26.3 Å². The van der Waals surface area contributed by atoms with Gasteiger partial charge in [0.2, 0.25) is 5.78 Å². The SMILES string of the molecule is Cn1c(-c2cn3cc(C(F)(F)F)cnc3n2)nc2cc(C(F)(F)F)cnc21. The summed E-state index contributed by atoms with van der Waals surface area (Å²) in [6.45, 7) is 0. The molecule has 0 bridgehead atoms. The van der Waals surface area contributed by atoms with Crippen LogP contribution < -0.4 is 0 Å². The van der Waals surface area contributed by atoms with E-state index in [1.165, 1.54) is 17.8 Å². The number of hydrogen-bond donors (Lipinski definition) is 0. The van der Waals surface area contributed by atoms with Gasteiger partial charge >= 0.3 is 12.4 Å². The molecule has 6 nitrogen and oxygen atoms in total. The highest BCUT2D eigenvalue weighted by Gasteiger charge is 2.33. The Bertz CT molecular complexity index is 1170. The van der Waals surface area contributed by atoms with E-state index in [4.69, 9.17) is 0 Å². The van der Waals surface area contributed by atoms with Gasteiger partial charge in [0.1, 0.15) is 11.2 Å². The van der Waals surface area contributed by atoms with Crippen LogP contribution in [0.5, 0.6) is 0 Å². The minimum atomic E-state index is -4.57. The fraction of sp³-hybridized carbons (Fsp3) is 0.200. The topological polar surface area (TPSA) is 60.9 Å². The molecular formula is C15H8F6N6. The zero-order chi connectivity index (χ0) is 19.6. The molecule has 4 rings (SSSR count). The first kappa shape index (κ1) is 17.2. The van der Waals surface area contributed by atoms with Crippen LogP contribution in [-0.2, 0) is 19.4 Å². The fourth-order valence-electron chi connectivity index (χ4n) is 2.60. The van der Waals surface area contributed by atoms with Crippen molar-refractivity contribution < 1.29 is 26.3 Å². The summed E-state index contributed by atoms with van der Waals surface area (Å²) in [5, 5.41) is 0. The van der Waals surface area contributed by atoms with Crippen LogP contribution in [0.15, 0.2) is 30.9 Å². The van der Waals surface area contributed by atoms with Crippen LogP contribution in [0.2, 0.25) is 0 Å². The monoisotopic (exact) mass is 386 g/mol. The molecule has 140 valence electrons. The van der Waals surface area contributed by atoms with Gasteiger partial charge in [0.15, 0.2) is 11.5 Å². The van der Waals surface area contributed by atoms with Crippen LogP contribution in [0, 0.1) is 0 Å². The number of aryl methyl sites for hydroxylation is 1. The molecule has 4 heterocycles. The van der Waals surface area contributed by atoms with Crippen molar-refractivity contribution >= 4 is 16.9 Å². The first-order valence-electron chi connectivity index (χ1n) is 7.36. The predicted octanol–water partition coefficient (Wildman–Crippen LogP) is 3.72. The van der Waals surface area contributed by atoms with E-state index in [9.17, 15) is 26.3 Å². The first-order chi connectivity index (χ1) is 12.5. The minimum absolute atomic E-state index is 0.00556. The molecular weight excluding hydrogens is 378 g/mol. The van der Waals surface area contributed by atoms with Crippen molar-refractivity contribution in [2.45, 2.75) is 12.4 Å². The average Bonchev–Trinajstić information content (AvgIpc) is 3.13. The maximum atomic E-state index is 12.8. The van der Waals surface area contributed by atoms with Gasteiger partial charge < -0.3 is 4.57 Å². The standard InChI is InChI=1S/C15H8F6N6/c1-26-11-9(2-7(3-22-11)14(16,17)18)24-12(26)10-6-27-5-8(15(19,20)21)4-23-13(27)25-10/h2-6H,1H3. The number of aromatic nitrogens is 6. The van der Waals surface area contributed by atoms with Crippen LogP contribution >= 0.6 is 0 Å². The third-order valence-corrected chi connectivity index (χ3v) is 3.90. The summed E-state index contributed by atoms with van der Waals surface area (Å²) in [5.41, 5.74) is -1.59. The van der Waals surface area contributed by atoms with E-state index in [0.29, 0.717) is 12.4 Å². The van der Waals surface area contributed by atoms with Crippen LogP contribution in [-0.4, -0.2) is 28.9 Å². The number of rotatable bonds is 1. The molecule has 0 unspecified atom stereocenters. The van der Waals surface area contributed by atoms with E-state index >= 15 is 0 Å². The van der Waals surface area contributed by atoms with Gasteiger partial charge in [-0.15, -0.1) is 0 Å². The van der Waals surface area contributed by atoms with Crippen LogP contribution in [0.1, 0.15) is 11.1 Å². The zero-order valence-electron chi connectivity index (χ0n) is 13.3. The Morgan fingerprint density at radius 3 is 2.19 bits per heavy atom. The lowest BCUT2D eigenvalue weighted by molar-refractivity contribution is -0.138. The molecule has 12 heteroatoms. The van der Waals surface area contributed by atoms with E-state index < -0.39 is 23.5 Å². The summed E-state index contributed by atoms with van der Waals surface area (Å²) in [4.78, 5) is 15.6. The maximum absolute atomic E-state index is 12.8. The number of alkyl halides is 6. The van der Waals surface area contributed by atoms with Crippen molar-refractivity contribution in [2.75, 3.05) is 0 Å². The lowest BCUT2D eigenvalue weighted by Crippen LogP contribution is -2.07.